The van der Waals surface area contributed by atoms with Crippen LogP contribution in [0.1, 0.15) is 24.2 Å². The second-order valence-electron chi connectivity index (χ2n) is 5.38. The number of aromatic nitrogens is 3. The third kappa shape index (κ3) is 3.63. The smallest absolute Gasteiger partial charge is 0.225 e. The van der Waals surface area contributed by atoms with Gasteiger partial charge in [-0.15, -0.1) is 0 Å². The first kappa shape index (κ1) is 13.7. The largest absolute Gasteiger partial charge is 0.368 e. The molecule has 0 bridgehead atoms. The van der Waals surface area contributed by atoms with Gasteiger partial charge < -0.3 is 16.4 Å². The number of nitrogen functional groups attached to an aromatic ring is 2. The van der Waals surface area contributed by atoms with Crippen LogP contribution in [0.3, 0.4) is 0 Å². The summed E-state index contributed by atoms with van der Waals surface area (Å²) in [4.78, 5) is 13.4. The standard InChI is InChI=1S/C14H17FN6/c15-10-3-1-9(2-4-10)7-21(11-5-6-11)8-12-18-13(16)20-14(17)19-12/h1-4,11H,5-8H2,(H4,16,17,18,19,20)/p+1. The molecule has 110 valence electrons. The summed E-state index contributed by atoms with van der Waals surface area (Å²) in [7, 11) is 0. The number of nitrogens with one attached hydrogen (secondary N) is 1. The lowest BCUT2D eigenvalue weighted by molar-refractivity contribution is -0.939. The van der Waals surface area contributed by atoms with Gasteiger partial charge in [0.25, 0.3) is 0 Å². The average Bonchev–Trinajstić information content (AvgIpc) is 3.24. The normalized spacial score (nSPS) is 15.9. The van der Waals surface area contributed by atoms with Crippen molar-refractivity contribution in [2.24, 2.45) is 0 Å². The van der Waals surface area contributed by atoms with Crippen LogP contribution in [-0.4, -0.2) is 21.0 Å². The van der Waals surface area contributed by atoms with Crippen molar-refractivity contribution >= 4 is 11.9 Å². The molecular formula is C14H18FN6+. The van der Waals surface area contributed by atoms with Crippen molar-refractivity contribution in [1.29, 1.82) is 0 Å². The summed E-state index contributed by atoms with van der Waals surface area (Å²) in [5, 5.41) is 0. The van der Waals surface area contributed by atoms with Crippen LogP contribution in [0, 0.1) is 5.82 Å². The van der Waals surface area contributed by atoms with E-state index in [9.17, 15) is 4.39 Å². The van der Waals surface area contributed by atoms with Crippen LogP contribution in [0.2, 0.25) is 0 Å². The van der Waals surface area contributed by atoms with E-state index in [1.807, 2.05) is 12.1 Å². The molecule has 3 rings (SSSR count). The number of hydrogen-bond acceptors (Lipinski definition) is 5. The summed E-state index contributed by atoms with van der Waals surface area (Å²) in [5.74, 6) is 0.678. The third-order valence-corrected chi connectivity index (χ3v) is 3.60. The number of rotatable bonds is 5. The molecule has 1 aromatic heterocycles. The van der Waals surface area contributed by atoms with Crippen LogP contribution in [0.15, 0.2) is 24.3 Å². The van der Waals surface area contributed by atoms with E-state index in [0.717, 1.165) is 12.1 Å². The second kappa shape index (κ2) is 5.61. The zero-order valence-electron chi connectivity index (χ0n) is 11.6. The molecule has 1 aromatic carbocycles. The van der Waals surface area contributed by atoms with E-state index >= 15 is 0 Å². The number of nitrogens with two attached hydrogens (primary N) is 2. The molecule has 1 aliphatic rings. The minimum absolute atomic E-state index is 0.148. The molecular weight excluding hydrogens is 271 g/mol. The molecule has 0 spiro atoms. The van der Waals surface area contributed by atoms with Crippen molar-refractivity contribution in [3.8, 4) is 0 Å². The van der Waals surface area contributed by atoms with E-state index in [1.54, 1.807) is 0 Å². The van der Waals surface area contributed by atoms with Gasteiger partial charge in [-0.1, -0.05) is 12.1 Å². The molecule has 5 N–H and O–H groups in total. The van der Waals surface area contributed by atoms with Crippen molar-refractivity contribution in [2.75, 3.05) is 11.5 Å². The van der Waals surface area contributed by atoms with Gasteiger partial charge in [-0.3, -0.25) is 0 Å². The van der Waals surface area contributed by atoms with Crippen LogP contribution >= 0.6 is 0 Å². The van der Waals surface area contributed by atoms with Gasteiger partial charge in [-0.05, 0) is 12.1 Å². The van der Waals surface area contributed by atoms with Crippen LogP contribution < -0.4 is 16.4 Å². The maximum atomic E-state index is 13.0. The second-order valence-corrected chi connectivity index (χ2v) is 5.38. The quantitative estimate of drug-likeness (QED) is 0.716. The summed E-state index contributed by atoms with van der Waals surface area (Å²) >= 11 is 0. The molecule has 6 nitrogen and oxygen atoms in total. The lowest BCUT2D eigenvalue weighted by Crippen LogP contribution is -3.10. The zero-order chi connectivity index (χ0) is 14.8. The van der Waals surface area contributed by atoms with E-state index in [4.69, 9.17) is 11.5 Å². The van der Waals surface area contributed by atoms with Crippen molar-refractivity contribution < 1.29 is 9.29 Å². The highest BCUT2D eigenvalue weighted by molar-refractivity contribution is 5.25. The Hall–Kier alpha value is -2.28. The van der Waals surface area contributed by atoms with Gasteiger partial charge in [-0.25, -0.2) is 4.39 Å². The van der Waals surface area contributed by atoms with Crippen LogP contribution in [0.5, 0.6) is 0 Å². The molecule has 2 aromatic rings. The third-order valence-electron chi connectivity index (χ3n) is 3.60. The molecule has 7 heteroatoms. The molecule has 1 atom stereocenters. The summed E-state index contributed by atoms with van der Waals surface area (Å²) < 4.78 is 13.0. The maximum Gasteiger partial charge on any atom is 0.225 e. The summed E-state index contributed by atoms with van der Waals surface area (Å²) in [6.45, 7) is 1.44. The predicted octanol–water partition coefficient (Wildman–Crippen LogP) is -0.0774. The number of halogens is 1. The molecule has 1 heterocycles. The molecule has 1 aliphatic carbocycles. The number of benzene rings is 1. The van der Waals surface area contributed by atoms with E-state index in [2.05, 4.69) is 15.0 Å². The number of quaternary nitrogens is 1. The Morgan fingerprint density at radius 3 is 2.19 bits per heavy atom. The Bertz CT molecular complexity index is 606. The van der Waals surface area contributed by atoms with Crippen LogP contribution in [0.4, 0.5) is 16.3 Å². The zero-order valence-corrected chi connectivity index (χ0v) is 11.6. The van der Waals surface area contributed by atoms with Gasteiger partial charge in [0.1, 0.15) is 18.9 Å². The van der Waals surface area contributed by atoms with Crippen molar-refractivity contribution in [3.63, 3.8) is 0 Å². The Kier molecular flexibility index (Phi) is 3.66. The Balaban J connectivity index is 1.74. The minimum atomic E-state index is -0.218. The molecule has 0 aliphatic heterocycles. The molecule has 1 unspecified atom stereocenters. The lowest BCUT2D eigenvalue weighted by atomic mass is 10.2. The highest BCUT2D eigenvalue weighted by Gasteiger charge is 2.34. The number of hydrogen-bond donors (Lipinski definition) is 3. The SMILES string of the molecule is Nc1nc(N)nc(C[NH+](Cc2ccc(F)cc2)C2CC2)n1. The maximum absolute atomic E-state index is 13.0. The topological polar surface area (TPSA) is 95.1 Å². The molecule has 0 radical (unpaired) electrons. The van der Waals surface area contributed by atoms with Crippen molar-refractivity contribution in [3.05, 3.63) is 41.5 Å². The van der Waals surface area contributed by atoms with Crippen molar-refractivity contribution in [1.82, 2.24) is 15.0 Å². The lowest BCUT2D eigenvalue weighted by Gasteiger charge is -2.18. The fraction of sp³-hybridized carbons (Fsp3) is 0.357. The van der Waals surface area contributed by atoms with Crippen LogP contribution in [0.25, 0.3) is 0 Å². The highest BCUT2D eigenvalue weighted by Crippen LogP contribution is 2.16. The fourth-order valence-electron chi connectivity index (χ4n) is 2.45. The first-order chi connectivity index (χ1) is 10.1. The number of nitrogens with zero attached hydrogens (tertiary/aromatic N) is 3. The highest BCUT2D eigenvalue weighted by atomic mass is 19.1. The van der Waals surface area contributed by atoms with E-state index in [1.165, 1.54) is 29.9 Å². The van der Waals surface area contributed by atoms with Gasteiger partial charge >= 0.3 is 0 Å². The van der Waals surface area contributed by atoms with Gasteiger partial charge in [0.15, 0.2) is 5.82 Å². The van der Waals surface area contributed by atoms with E-state index < -0.39 is 0 Å². The van der Waals surface area contributed by atoms with E-state index in [0.29, 0.717) is 18.4 Å². The van der Waals surface area contributed by atoms with Gasteiger partial charge in [0.2, 0.25) is 11.9 Å². The summed E-state index contributed by atoms with van der Waals surface area (Å²) in [6, 6.07) is 7.19. The molecule has 21 heavy (non-hydrogen) atoms. The Morgan fingerprint density at radius 2 is 1.62 bits per heavy atom. The van der Waals surface area contributed by atoms with Gasteiger partial charge in [-0.2, -0.15) is 15.0 Å². The molecule has 1 fully saturated rings. The van der Waals surface area contributed by atoms with Crippen LogP contribution in [-0.2, 0) is 13.1 Å². The monoisotopic (exact) mass is 289 g/mol. The fourth-order valence-corrected chi connectivity index (χ4v) is 2.45. The Morgan fingerprint density at radius 1 is 1.00 bits per heavy atom. The molecule has 1 saturated carbocycles. The minimum Gasteiger partial charge on any atom is -0.368 e. The molecule has 0 amide bonds. The Labute approximate surface area is 122 Å². The summed E-state index contributed by atoms with van der Waals surface area (Å²) in [6.07, 6.45) is 2.37. The molecule has 0 saturated heterocycles. The first-order valence-electron chi connectivity index (χ1n) is 6.95. The first-order valence-corrected chi connectivity index (χ1v) is 6.95. The van der Waals surface area contributed by atoms with E-state index in [-0.39, 0.29) is 17.7 Å². The van der Waals surface area contributed by atoms with Crippen molar-refractivity contribution in [2.45, 2.75) is 32.0 Å². The van der Waals surface area contributed by atoms with Gasteiger partial charge in [0.05, 0.1) is 6.04 Å². The summed E-state index contributed by atoms with van der Waals surface area (Å²) in [5.41, 5.74) is 12.3. The number of anilines is 2. The predicted molar refractivity (Wildman–Crippen MR) is 76.4 cm³/mol. The van der Waals surface area contributed by atoms with Gasteiger partial charge in [0, 0.05) is 18.4 Å². The average molecular weight is 289 g/mol.